The van der Waals surface area contributed by atoms with Crippen LogP contribution in [0.5, 0.6) is 0 Å². The molecule has 1 aromatic heterocycles. The summed E-state index contributed by atoms with van der Waals surface area (Å²) in [7, 11) is 0. The Hall–Kier alpha value is 0.390. The van der Waals surface area contributed by atoms with E-state index < -0.39 is 0 Å². The van der Waals surface area contributed by atoms with Crippen molar-refractivity contribution in [2.45, 2.75) is 26.3 Å². The van der Waals surface area contributed by atoms with Gasteiger partial charge in [0.05, 0.1) is 6.04 Å². The van der Waals surface area contributed by atoms with Gasteiger partial charge in [-0.1, -0.05) is 25.4 Å². The summed E-state index contributed by atoms with van der Waals surface area (Å²) in [6.07, 6.45) is 1.14. The lowest BCUT2D eigenvalue weighted by Gasteiger charge is -2.28. The Labute approximate surface area is 115 Å². The van der Waals surface area contributed by atoms with Crippen molar-refractivity contribution in [3.8, 4) is 0 Å². The highest BCUT2D eigenvalue weighted by atomic mass is 79.9. The maximum atomic E-state index is 6.07. The number of nitrogens with two attached hydrogens (primary N) is 1. The lowest BCUT2D eigenvalue weighted by Crippen LogP contribution is -2.33. The summed E-state index contributed by atoms with van der Waals surface area (Å²) in [5, 5.41) is 0. The van der Waals surface area contributed by atoms with Gasteiger partial charge in [-0.3, -0.25) is 4.90 Å². The normalized spacial score (nSPS) is 13.4. The molecule has 0 fully saturated rings. The van der Waals surface area contributed by atoms with Crippen LogP contribution in [0.15, 0.2) is 10.5 Å². The summed E-state index contributed by atoms with van der Waals surface area (Å²) in [6, 6.07) is 2.38. The molecule has 5 heteroatoms. The minimum atomic E-state index is 0.291. The molecule has 0 amide bonds. The van der Waals surface area contributed by atoms with E-state index in [2.05, 4.69) is 40.7 Å². The van der Waals surface area contributed by atoms with E-state index in [1.807, 2.05) is 0 Å². The van der Waals surface area contributed by atoms with Crippen LogP contribution in [0.25, 0.3) is 0 Å². The van der Waals surface area contributed by atoms with Gasteiger partial charge in [0.25, 0.3) is 0 Å². The van der Waals surface area contributed by atoms with E-state index in [0.29, 0.717) is 12.6 Å². The lowest BCUT2D eigenvalue weighted by molar-refractivity contribution is 0.215. The third kappa shape index (κ3) is 3.44. The number of halogens is 2. The maximum absolute atomic E-state index is 6.07. The Morgan fingerprint density at radius 3 is 2.62 bits per heavy atom. The molecule has 0 bridgehead atoms. The molecule has 0 radical (unpaired) electrons. The predicted octanol–water partition coefficient (Wildman–Crippen LogP) is 3.90. The first-order chi connectivity index (χ1) is 7.63. The molecule has 0 aliphatic rings. The van der Waals surface area contributed by atoms with E-state index in [9.17, 15) is 0 Å². The molecule has 0 aliphatic carbocycles. The summed E-state index contributed by atoms with van der Waals surface area (Å²) in [5.41, 5.74) is 5.88. The second kappa shape index (κ2) is 6.97. The molecule has 1 rings (SSSR count). The molecule has 0 aliphatic heterocycles. The summed E-state index contributed by atoms with van der Waals surface area (Å²) in [4.78, 5) is 3.64. The highest BCUT2D eigenvalue weighted by molar-refractivity contribution is 9.10. The first kappa shape index (κ1) is 14.5. The molecule has 0 saturated carbocycles. The van der Waals surface area contributed by atoms with Crippen LogP contribution in [-0.4, -0.2) is 24.5 Å². The Morgan fingerprint density at radius 2 is 2.25 bits per heavy atom. The largest absolute Gasteiger partial charge is 0.329 e. The van der Waals surface area contributed by atoms with Crippen LogP contribution in [0.2, 0.25) is 4.34 Å². The highest BCUT2D eigenvalue weighted by Gasteiger charge is 2.20. The molecule has 1 atom stereocenters. The minimum absolute atomic E-state index is 0.291. The van der Waals surface area contributed by atoms with Crippen molar-refractivity contribution in [2.75, 3.05) is 19.6 Å². The number of likely N-dealkylation sites (N-methyl/N-ethyl adjacent to an activating group) is 1. The van der Waals surface area contributed by atoms with Gasteiger partial charge in [-0.05, 0) is 41.5 Å². The molecular formula is C11H18BrClN2S. The SMILES string of the molecule is CCCN(CC)C(CN)c1cc(Br)c(Cl)s1. The van der Waals surface area contributed by atoms with Crippen molar-refractivity contribution in [1.29, 1.82) is 0 Å². The first-order valence-corrected chi connectivity index (χ1v) is 7.51. The van der Waals surface area contributed by atoms with Gasteiger partial charge in [0.15, 0.2) is 0 Å². The number of hydrogen-bond acceptors (Lipinski definition) is 3. The Balaban J connectivity index is 2.87. The van der Waals surface area contributed by atoms with E-state index in [-0.39, 0.29) is 0 Å². The standard InChI is InChI=1S/C11H18BrClN2S/c1-3-5-15(4-2)9(7-14)10-6-8(12)11(13)16-10/h6,9H,3-5,7,14H2,1-2H3. The quantitative estimate of drug-likeness (QED) is 0.859. The van der Waals surface area contributed by atoms with E-state index in [1.54, 1.807) is 11.3 Å². The van der Waals surface area contributed by atoms with Gasteiger partial charge in [0.1, 0.15) is 4.34 Å². The molecule has 1 unspecified atom stereocenters. The summed E-state index contributed by atoms with van der Waals surface area (Å²) < 4.78 is 1.78. The predicted molar refractivity (Wildman–Crippen MR) is 76.4 cm³/mol. The first-order valence-electron chi connectivity index (χ1n) is 5.52. The van der Waals surface area contributed by atoms with Gasteiger partial charge in [0, 0.05) is 15.9 Å². The van der Waals surface area contributed by atoms with Crippen LogP contribution in [0, 0.1) is 0 Å². The van der Waals surface area contributed by atoms with Crippen LogP contribution >= 0.6 is 38.9 Å². The van der Waals surface area contributed by atoms with Gasteiger partial charge in [0.2, 0.25) is 0 Å². The zero-order valence-electron chi connectivity index (χ0n) is 9.67. The van der Waals surface area contributed by atoms with Gasteiger partial charge >= 0.3 is 0 Å². The number of hydrogen-bond donors (Lipinski definition) is 1. The molecule has 0 aromatic carbocycles. The van der Waals surface area contributed by atoms with Crippen molar-refractivity contribution < 1.29 is 0 Å². The fourth-order valence-electron chi connectivity index (χ4n) is 1.79. The summed E-state index contributed by atoms with van der Waals surface area (Å²) >= 11 is 11.1. The second-order valence-electron chi connectivity index (χ2n) is 3.65. The van der Waals surface area contributed by atoms with Crippen molar-refractivity contribution in [3.05, 3.63) is 19.8 Å². The molecule has 2 N–H and O–H groups in total. The summed E-state index contributed by atoms with van der Waals surface area (Å²) in [6.45, 7) is 7.08. The monoisotopic (exact) mass is 324 g/mol. The van der Waals surface area contributed by atoms with Crippen molar-refractivity contribution in [1.82, 2.24) is 4.90 Å². The van der Waals surface area contributed by atoms with Crippen LogP contribution < -0.4 is 5.73 Å². The zero-order valence-corrected chi connectivity index (χ0v) is 12.8. The van der Waals surface area contributed by atoms with E-state index in [4.69, 9.17) is 17.3 Å². The molecule has 1 aromatic rings. The van der Waals surface area contributed by atoms with Gasteiger partial charge < -0.3 is 5.73 Å². The second-order valence-corrected chi connectivity index (χ2v) is 6.19. The fraction of sp³-hybridized carbons (Fsp3) is 0.636. The number of rotatable bonds is 6. The maximum Gasteiger partial charge on any atom is 0.107 e. The van der Waals surface area contributed by atoms with Crippen LogP contribution in [0.4, 0.5) is 0 Å². The Morgan fingerprint density at radius 1 is 1.56 bits per heavy atom. The van der Waals surface area contributed by atoms with Crippen LogP contribution in [-0.2, 0) is 0 Å². The third-order valence-electron chi connectivity index (χ3n) is 2.57. The van der Waals surface area contributed by atoms with Gasteiger partial charge in [-0.2, -0.15) is 0 Å². The smallest absolute Gasteiger partial charge is 0.107 e. The summed E-state index contributed by atoms with van der Waals surface area (Å²) in [5.74, 6) is 0. The number of thiophene rings is 1. The number of nitrogens with zero attached hydrogens (tertiary/aromatic N) is 1. The molecule has 0 saturated heterocycles. The van der Waals surface area contributed by atoms with Crippen LogP contribution in [0.3, 0.4) is 0 Å². The lowest BCUT2D eigenvalue weighted by atomic mass is 10.2. The van der Waals surface area contributed by atoms with E-state index in [1.165, 1.54) is 4.88 Å². The minimum Gasteiger partial charge on any atom is -0.329 e. The molecule has 0 spiro atoms. The average molecular weight is 326 g/mol. The molecule has 16 heavy (non-hydrogen) atoms. The third-order valence-corrected chi connectivity index (χ3v) is 5.15. The van der Waals surface area contributed by atoms with Crippen LogP contribution in [0.1, 0.15) is 31.2 Å². The fourth-order valence-corrected chi connectivity index (χ4v) is 3.68. The molecule has 2 nitrogen and oxygen atoms in total. The topological polar surface area (TPSA) is 29.3 Å². The highest BCUT2D eigenvalue weighted by Crippen LogP contribution is 2.36. The average Bonchev–Trinajstić information content (AvgIpc) is 2.59. The molecule has 92 valence electrons. The van der Waals surface area contributed by atoms with E-state index in [0.717, 1.165) is 28.3 Å². The van der Waals surface area contributed by atoms with Crippen molar-refractivity contribution in [2.24, 2.45) is 5.73 Å². The van der Waals surface area contributed by atoms with Crippen molar-refractivity contribution in [3.63, 3.8) is 0 Å². The zero-order chi connectivity index (χ0) is 12.1. The Bertz CT molecular complexity index is 310. The van der Waals surface area contributed by atoms with Crippen molar-refractivity contribution >= 4 is 38.9 Å². The van der Waals surface area contributed by atoms with Gasteiger partial charge in [-0.15, -0.1) is 11.3 Å². The molecular weight excluding hydrogens is 308 g/mol. The van der Waals surface area contributed by atoms with Gasteiger partial charge in [-0.25, -0.2) is 0 Å². The van der Waals surface area contributed by atoms with E-state index >= 15 is 0 Å². The molecule has 1 heterocycles. The Kier molecular flexibility index (Phi) is 6.29.